The summed E-state index contributed by atoms with van der Waals surface area (Å²) < 4.78 is 0. The maximum absolute atomic E-state index is 3.48. The first-order valence-electron chi connectivity index (χ1n) is 4.72. The first kappa shape index (κ1) is 11.4. The Morgan fingerprint density at radius 1 is 1.36 bits per heavy atom. The van der Waals surface area contributed by atoms with Gasteiger partial charge in [0.15, 0.2) is 0 Å². The summed E-state index contributed by atoms with van der Waals surface area (Å²) >= 11 is 0. The molecule has 2 heteroatoms. The van der Waals surface area contributed by atoms with Crippen LogP contribution in [0.25, 0.3) is 0 Å². The number of rotatable bonds is 7. The van der Waals surface area contributed by atoms with Gasteiger partial charge in [0.1, 0.15) is 0 Å². The third-order valence-electron chi connectivity index (χ3n) is 1.77. The lowest BCUT2D eigenvalue weighted by molar-refractivity contribution is 0.494. The summed E-state index contributed by atoms with van der Waals surface area (Å²) in [4.78, 5) is 0. The number of hydrogen-bond acceptors (Lipinski definition) is 1. The molecule has 0 heterocycles. The Balaban J connectivity index is 2.97. The van der Waals surface area contributed by atoms with Crippen molar-refractivity contribution in [3.8, 4) is 0 Å². The quantitative estimate of drug-likeness (QED) is 0.463. The van der Waals surface area contributed by atoms with Crippen LogP contribution < -0.4 is 5.32 Å². The monoisotopic (exact) mass is 175 g/mol. The third-order valence-corrected chi connectivity index (χ3v) is 2.77. The molecule has 0 rings (SSSR count). The zero-order chi connectivity index (χ0) is 8.53. The van der Waals surface area contributed by atoms with Gasteiger partial charge in [-0.3, -0.25) is 0 Å². The molecule has 0 aliphatic carbocycles. The van der Waals surface area contributed by atoms with E-state index in [0.29, 0.717) is 0 Å². The topological polar surface area (TPSA) is 12.0 Å². The minimum atomic E-state index is 0.863. The summed E-state index contributed by atoms with van der Waals surface area (Å²) in [6.07, 6.45) is 5.24. The SMILES string of the molecule is CCCC(C)CNCPCC. The van der Waals surface area contributed by atoms with Gasteiger partial charge in [-0.1, -0.05) is 27.2 Å². The highest BCUT2D eigenvalue weighted by molar-refractivity contribution is 7.37. The first-order chi connectivity index (χ1) is 5.31. The molecule has 11 heavy (non-hydrogen) atoms. The Kier molecular flexibility index (Phi) is 8.79. The van der Waals surface area contributed by atoms with Crippen LogP contribution in [0.5, 0.6) is 0 Å². The fourth-order valence-corrected chi connectivity index (χ4v) is 1.70. The molecule has 2 unspecified atom stereocenters. The zero-order valence-corrected chi connectivity index (χ0v) is 9.11. The van der Waals surface area contributed by atoms with Crippen LogP contribution >= 0.6 is 8.58 Å². The van der Waals surface area contributed by atoms with Gasteiger partial charge in [-0.15, -0.1) is 8.58 Å². The van der Waals surface area contributed by atoms with Crippen molar-refractivity contribution >= 4 is 8.58 Å². The van der Waals surface area contributed by atoms with E-state index in [1.165, 1.54) is 31.8 Å². The van der Waals surface area contributed by atoms with E-state index in [-0.39, 0.29) is 0 Å². The molecule has 0 aromatic rings. The van der Waals surface area contributed by atoms with Gasteiger partial charge in [0.25, 0.3) is 0 Å². The van der Waals surface area contributed by atoms with Crippen LogP contribution in [0.3, 0.4) is 0 Å². The maximum atomic E-state index is 3.48. The summed E-state index contributed by atoms with van der Waals surface area (Å²) in [6.45, 7) is 8.03. The Bertz CT molecular complexity index is 76.0. The van der Waals surface area contributed by atoms with Crippen LogP contribution in [-0.4, -0.2) is 19.0 Å². The van der Waals surface area contributed by atoms with E-state index in [1.54, 1.807) is 0 Å². The fraction of sp³-hybridized carbons (Fsp3) is 1.00. The van der Waals surface area contributed by atoms with E-state index in [0.717, 1.165) is 14.5 Å². The molecular formula is C9H22NP. The van der Waals surface area contributed by atoms with Crippen LogP contribution in [0, 0.1) is 5.92 Å². The molecule has 68 valence electrons. The van der Waals surface area contributed by atoms with E-state index in [4.69, 9.17) is 0 Å². The van der Waals surface area contributed by atoms with Gasteiger partial charge in [-0.05, 0) is 25.0 Å². The lowest BCUT2D eigenvalue weighted by Crippen LogP contribution is -2.20. The first-order valence-corrected chi connectivity index (χ1v) is 6.14. The Morgan fingerprint density at radius 3 is 2.64 bits per heavy atom. The van der Waals surface area contributed by atoms with E-state index in [9.17, 15) is 0 Å². The van der Waals surface area contributed by atoms with E-state index >= 15 is 0 Å². The van der Waals surface area contributed by atoms with Gasteiger partial charge >= 0.3 is 0 Å². The Labute approximate surface area is 73.1 Å². The molecule has 0 bridgehead atoms. The second kappa shape index (κ2) is 8.49. The lowest BCUT2D eigenvalue weighted by atomic mass is 10.1. The van der Waals surface area contributed by atoms with Crippen LogP contribution in [0.15, 0.2) is 0 Å². The van der Waals surface area contributed by atoms with Crippen LogP contribution in [0.1, 0.15) is 33.6 Å². The summed E-state index contributed by atoms with van der Waals surface area (Å²) in [5.41, 5.74) is 0. The van der Waals surface area contributed by atoms with Crippen molar-refractivity contribution in [1.82, 2.24) is 5.32 Å². The standard InChI is InChI=1S/C9H22NP/c1-4-6-9(3)7-10-8-11-5-2/h9-11H,4-8H2,1-3H3. The van der Waals surface area contributed by atoms with Gasteiger partial charge in [0.2, 0.25) is 0 Å². The molecule has 0 amide bonds. The highest BCUT2D eigenvalue weighted by Gasteiger charge is 1.97. The van der Waals surface area contributed by atoms with E-state index < -0.39 is 0 Å². The summed E-state index contributed by atoms with van der Waals surface area (Å²) in [5.74, 6) is 0.863. The highest BCUT2D eigenvalue weighted by Crippen LogP contribution is 2.06. The Hall–Kier alpha value is 0.390. The van der Waals surface area contributed by atoms with Gasteiger partial charge in [-0.25, -0.2) is 0 Å². The van der Waals surface area contributed by atoms with Gasteiger partial charge in [0.05, 0.1) is 0 Å². The van der Waals surface area contributed by atoms with Crippen molar-refractivity contribution in [3.63, 3.8) is 0 Å². The largest absolute Gasteiger partial charge is 0.313 e. The van der Waals surface area contributed by atoms with Gasteiger partial charge < -0.3 is 5.32 Å². The molecule has 0 aliphatic heterocycles. The molecule has 0 radical (unpaired) electrons. The predicted octanol–water partition coefficient (Wildman–Crippen LogP) is 2.67. The van der Waals surface area contributed by atoms with Crippen molar-refractivity contribution in [2.45, 2.75) is 33.6 Å². The van der Waals surface area contributed by atoms with Crippen LogP contribution in [-0.2, 0) is 0 Å². The molecule has 2 atom stereocenters. The van der Waals surface area contributed by atoms with E-state index in [2.05, 4.69) is 26.1 Å². The van der Waals surface area contributed by atoms with Gasteiger partial charge in [0, 0.05) is 6.29 Å². The zero-order valence-electron chi connectivity index (χ0n) is 8.11. The van der Waals surface area contributed by atoms with Crippen molar-refractivity contribution < 1.29 is 0 Å². The normalized spacial score (nSPS) is 14.5. The molecule has 0 saturated heterocycles. The predicted molar refractivity (Wildman–Crippen MR) is 55.8 cm³/mol. The average Bonchev–Trinajstić information content (AvgIpc) is 1.99. The van der Waals surface area contributed by atoms with Crippen LogP contribution in [0.2, 0.25) is 0 Å². The smallest absolute Gasteiger partial charge is 0.0127 e. The van der Waals surface area contributed by atoms with Crippen LogP contribution in [0.4, 0.5) is 0 Å². The average molecular weight is 175 g/mol. The van der Waals surface area contributed by atoms with Crippen molar-refractivity contribution in [2.24, 2.45) is 5.92 Å². The molecule has 0 fully saturated rings. The Morgan fingerprint density at radius 2 is 2.09 bits per heavy atom. The minimum absolute atomic E-state index is 0.863. The fourth-order valence-electron chi connectivity index (χ4n) is 1.13. The molecule has 0 aromatic heterocycles. The molecular weight excluding hydrogens is 153 g/mol. The summed E-state index contributed by atoms with van der Waals surface area (Å²) in [6, 6.07) is 0. The van der Waals surface area contributed by atoms with Crippen molar-refractivity contribution in [3.05, 3.63) is 0 Å². The second-order valence-corrected chi connectivity index (χ2v) is 4.69. The molecule has 0 saturated carbocycles. The minimum Gasteiger partial charge on any atom is -0.313 e. The van der Waals surface area contributed by atoms with Crippen molar-refractivity contribution in [2.75, 3.05) is 19.0 Å². The second-order valence-electron chi connectivity index (χ2n) is 3.13. The maximum Gasteiger partial charge on any atom is 0.0127 e. The highest BCUT2D eigenvalue weighted by atomic mass is 31.1. The van der Waals surface area contributed by atoms with Gasteiger partial charge in [-0.2, -0.15) is 0 Å². The summed E-state index contributed by atoms with van der Waals surface area (Å²) in [7, 11) is 1.11. The summed E-state index contributed by atoms with van der Waals surface area (Å²) in [5, 5.41) is 3.48. The molecule has 0 aromatic carbocycles. The molecule has 1 nitrogen and oxygen atoms in total. The molecule has 0 spiro atoms. The molecule has 0 aliphatic rings. The number of hydrogen-bond donors (Lipinski definition) is 1. The van der Waals surface area contributed by atoms with Crippen molar-refractivity contribution in [1.29, 1.82) is 0 Å². The lowest BCUT2D eigenvalue weighted by Gasteiger charge is -2.10. The third kappa shape index (κ3) is 8.29. The number of nitrogens with one attached hydrogen (secondary N) is 1. The molecule has 1 N–H and O–H groups in total. The van der Waals surface area contributed by atoms with E-state index in [1.807, 2.05) is 0 Å².